The molecule has 0 aliphatic heterocycles. The van der Waals surface area contributed by atoms with E-state index in [-0.39, 0.29) is 6.07 Å². The topological polar surface area (TPSA) is 52.6 Å². The first kappa shape index (κ1) is 35.2. The summed E-state index contributed by atoms with van der Waals surface area (Å²) in [4.78, 5) is 0. The quantitative estimate of drug-likeness (QED) is 0.163. The molecule has 0 amide bonds. The van der Waals surface area contributed by atoms with Crippen LogP contribution in [0.3, 0.4) is 0 Å². The molecule has 4 nitrogen and oxygen atoms in total. The van der Waals surface area contributed by atoms with Gasteiger partial charge in [0.05, 0.1) is 0 Å². The molecule has 36 heavy (non-hydrogen) atoms. The Morgan fingerprint density at radius 2 is 0.972 bits per heavy atom. The van der Waals surface area contributed by atoms with Gasteiger partial charge in [-0.15, -0.1) is 11.8 Å². The second-order valence-corrected chi connectivity index (χ2v) is 14.0. The molecule has 0 aromatic heterocycles. The van der Waals surface area contributed by atoms with E-state index in [4.69, 9.17) is 29.5 Å². The lowest BCUT2D eigenvalue weighted by molar-refractivity contribution is 0.375. The Morgan fingerprint density at radius 1 is 0.694 bits per heavy atom. The molecule has 0 radical (unpaired) electrons. The Bertz CT molecular complexity index is 948. The van der Waals surface area contributed by atoms with E-state index in [0.29, 0.717) is 23.7 Å². The SMILES string of the molecule is CC(C)c1cccc(C(C)C)c1OCCl.CSCOc1c(C(C)C)cccc1C(C)C.O=S(=O)(Cl)Cl. The minimum absolute atomic E-state index is 0.212. The molecule has 0 bridgehead atoms. The van der Waals surface area contributed by atoms with E-state index in [1.807, 2.05) is 0 Å². The van der Waals surface area contributed by atoms with Crippen LogP contribution in [0.15, 0.2) is 36.4 Å². The Balaban J connectivity index is 0.000000575. The number of rotatable bonds is 9. The van der Waals surface area contributed by atoms with Gasteiger partial charge in [-0.05, 0) is 52.2 Å². The van der Waals surface area contributed by atoms with E-state index >= 15 is 0 Å². The predicted molar refractivity (Wildman–Crippen MR) is 160 cm³/mol. The smallest absolute Gasteiger partial charge is 0.317 e. The number of para-hydroxylation sites is 2. The van der Waals surface area contributed by atoms with Crippen LogP contribution >= 0.6 is 44.7 Å². The summed E-state index contributed by atoms with van der Waals surface area (Å²) in [6.07, 6.45) is 2.06. The van der Waals surface area contributed by atoms with Crippen LogP contribution in [-0.2, 0) is 8.26 Å². The molecule has 9 heteroatoms. The van der Waals surface area contributed by atoms with Gasteiger partial charge in [0.15, 0.2) is 6.07 Å². The van der Waals surface area contributed by atoms with Crippen molar-refractivity contribution in [3.05, 3.63) is 58.7 Å². The van der Waals surface area contributed by atoms with Crippen molar-refractivity contribution in [3.8, 4) is 11.5 Å². The molecule has 0 saturated heterocycles. The van der Waals surface area contributed by atoms with Crippen molar-refractivity contribution in [2.24, 2.45) is 0 Å². The fourth-order valence-corrected chi connectivity index (χ4v) is 3.82. The molecular formula is C27H41Cl3O4S2. The molecule has 0 aliphatic carbocycles. The first-order chi connectivity index (χ1) is 16.6. The van der Waals surface area contributed by atoms with E-state index in [1.54, 1.807) is 11.8 Å². The Morgan fingerprint density at radius 3 is 1.19 bits per heavy atom. The Hall–Kier alpha value is -0.790. The molecule has 0 fully saturated rings. The number of hydrogen-bond donors (Lipinski definition) is 0. The normalized spacial score (nSPS) is 11.2. The van der Waals surface area contributed by atoms with Crippen molar-refractivity contribution in [1.29, 1.82) is 0 Å². The molecule has 0 aliphatic rings. The van der Waals surface area contributed by atoms with Gasteiger partial charge in [-0.1, -0.05) is 103 Å². The maximum atomic E-state index is 9.16. The summed E-state index contributed by atoms with van der Waals surface area (Å²) in [7, 11) is 4.81. The zero-order chi connectivity index (χ0) is 28.1. The van der Waals surface area contributed by atoms with Crippen LogP contribution in [-0.4, -0.2) is 26.7 Å². The predicted octanol–water partition coefficient (Wildman–Crippen LogP) is 9.85. The maximum Gasteiger partial charge on any atom is 0.317 e. The van der Waals surface area contributed by atoms with Crippen molar-refractivity contribution in [2.75, 3.05) is 18.3 Å². The molecule has 206 valence electrons. The third-order valence-electron chi connectivity index (χ3n) is 5.16. The van der Waals surface area contributed by atoms with Gasteiger partial charge in [0.1, 0.15) is 17.4 Å². The van der Waals surface area contributed by atoms with Gasteiger partial charge in [0.25, 0.3) is 0 Å². The Labute approximate surface area is 237 Å². The minimum Gasteiger partial charge on any atom is -0.482 e. The van der Waals surface area contributed by atoms with Gasteiger partial charge >= 0.3 is 8.26 Å². The van der Waals surface area contributed by atoms with Crippen LogP contribution in [0.4, 0.5) is 0 Å². The lowest BCUT2D eigenvalue weighted by Crippen LogP contribution is -2.03. The van der Waals surface area contributed by atoms with Crippen LogP contribution in [0, 0.1) is 0 Å². The van der Waals surface area contributed by atoms with Crippen LogP contribution in [0.1, 0.15) is 101 Å². The number of benzene rings is 2. The zero-order valence-corrected chi connectivity index (χ0v) is 26.7. The molecule has 0 spiro atoms. The summed E-state index contributed by atoms with van der Waals surface area (Å²) < 4.78 is 29.8. The number of halogens is 3. The largest absolute Gasteiger partial charge is 0.482 e. The summed E-state index contributed by atoms with van der Waals surface area (Å²) in [5.74, 6) is 4.73. The van der Waals surface area contributed by atoms with Crippen LogP contribution in [0.2, 0.25) is 0 Å². The van der Waals surface area contributed by atoms with Gasteiger partial charge in [0.2, 0.25) is 0 Å². The van der Waals surface area contributed by atoms with E-state index in [9.17, 15) is 0 Å². The fraction of sp³-hybridized carbons (Fsp3) is 0.556. The standard InChI is InChI=1S/C14H22OS.C13H19ClO.Cl2O2S/c1-10(2)12-7-6-8-13(11(3)4)14(12)15-9-16-5;1-9(2)11-6-5-7-12(10(3)4)13(11)15-8-14;1-5(2,3)4/h6-8,10-11H,9H2,1-5H3;5-7,9-10H,8H2,1-4H3;. The van der Waals surface area contributed by atoms with E-state index < -0.39 is 8.26 Å². The van der Waals surface area contributed by atoms with Gasteiger partial charge in [0, 0.05) is 21.4 Å². The molecule has 0 N–H and O–H groups in total. The molecule has 2 aromatic carbocycles. The third kappa shape index (κ3) is 13.7. The third-order valence-corrected chi connectivity index (χ3v) is 5.62. The summed E-state index contributed by atoms with van der Waals surface area (Å²) in [6, 6.07) is 13.0. The first-order valence-electron chi connectivity index (χ1n) is 11.9. The number of thioether (sulfide) groups is 1. The average molecular weight is 600 g/mol. The van der Waals surface area contributed by atoms with E-state index in [0.717, 1.165) is 17.4 Å². The van der Waals surface area contributed by atoms with Crippen molar-refractivity contribution < 1.29 is 17.9 Å². The van der Waals surface area contributed by atoms with Crippen LogP contribution in [0.25, 0.3) is 0 Å². The van der Waals surface area contributed by atoms with Crippen molar-refractivity contribution in [1.82, 2.24) is 0 Å². The van der Waals surface area contributed by atoms with Crippen LogP contribution < -0.4 is 9.47 Å². The molecule has 0 unspecified atom stereocenters. The molecule has 2 aromatic rings. The van der Waals surface area contributed by atoms with Gasteiger partial charge in [-0.3, -0.25) is 0 Å². The first-order valence-corrected chi connectivity index (χ1v) is 16.9. The minimum atomic E-state index is -3.72. The highest BCUT2D eigenvalue weighted by Gasteiger charge is 2.15. The van der Waals surface area contributed by atoms with Crippen molar-refractivity contribution in [3.63, 3.8) is 0 Å². The van der Waals surface area contributed by atoms with E-state index in [1.165, 1.54) is 22.3 Å². The second kappa shape index (κ2) is 17.7. The van der Waals surface area contributed by atoms with Gasteiger partial charge in [-0.2, -0.15) is 8.42 Å². The average Bonchev–Trinajstić information content (AvgIpc) is 2.76. The molecule has 2 rings (SSSR count). The molecular weight excluding hydrogens is 559 g/mol. The number of hydrogen-bond acceptors (Lipinski definition) is 5. The maximum absolute atomic E-state index is 9.16. The van der Waals surface area contributed by atoms with Crippen molar-refractivity contribution in [2.45, 2.75) is 79.1 Å². The lowest BCUT2D eigenvalue weighted by Gasteiger charge is -2.19. The molecule has 0 saturated carbocycles. The molecule has 0 heterocycles. The summed E-state index contributed by atoms with van der Waals surface area (Å²) in [5, 5.41) is 0. The highest BCUT2D eigenvalue weighted by atomic mass is 36.0. The highest BCUT2D eigenvalue weighted by Crippen LogP contribution is 2.35. The van der Waals surface area contributed by atoms with Gasteiger partial charge in [-0.25, -0.2) is 0 Å². The summed E-state index contributed by atoms with van der Waals surface area (Å²) in [5.41, 5.74) is 5.12. The fourth-order valence-electron chi connectivity index (χ4n) is 3.47. The van der Waals surface area contributed by atoms with Crippen LogP contribution in [0.5, 0.6) is 11.5 Å². The summed E-state index contributed by atoms with van der Waals surface area (Å²) in [6.45, 7) is 17.5. The summed E-state index contributed by atoms with van der Waals surface area (Å²) >= 11 is 7.38. The number of ether oxygens (including phenoxy) is 2. The van der Waals surface area contributed by atoms with E-state index in [2.05, 4.69) is 119 Å². The lowest BCUT2D eigenvalue weighted by atomic mass is 9.94. The zero-order valence-electron chi connectivity index (χ0n) is 22.8. The monoisotopic (exact) mass is 598 g/mol. The van der Waals surface area contributed by atoms with Gasteiger partial charge < -0.3 is 9.47 Å². The Kier molecular flexibility index (Phi) is 17.3. The highest BCUT2D eigenvalue weighted by molar-refractivity contribution is 8.31. The second-order valence-electron chi connectivity index (χ2n) is 9.33. The number of alkyl halides is 1. The molecule has 0 atom stereocenters. The van der Waals surface area contributed by atoms with Crippen molar-refractivity contribution >= 4 is 53.0 Å².